The minimum absolute atomic E-state index is 0.0710. The van der Waals surface area contributed by atoms with Crippen molar-refractivity contribution in [1.29, 1.82) is 0 Å². The summed E-state index contributed by atoms with van der Waals surface area (Å²) in [6, 6.07) is 5.66. The minimum Gasteiger partial charge on any atom is -0.465 e. The maximum absolute atomic E-state index is 11.8. The molecule has 1 aromatic carbocycles. The molecule has 0 unspecified atom stereocenters. The van der Waals surface area contributed by atoms with Gasteiger partial charge >= 0.3 is 6.09 Å². The van der Waals surface area contributed by atoms with Gasteiger partial charge in [-0.1, -0.05) is 12.1 Å². The number of hydrogen-bond acceptors (Lipinski definition) is 5. The fraction of sp³-hybridized carbons (Fsp3) is 0.417. The van der Waals surface area contributed by atoms with Crippen molar-refractivity contribution in [3.05, 3.63) is 29.8 Å². The van der Waals surface area contributed by atoms with Crippen LogP contribution in [0.4, 0.5) is 4.79 Å². The fourth-order valence-corrected chi connectivity index (χ4v) is 3.71. The highest BCUT2D eigenvalue weighted by Gasteiger charge is 2.13. The van der Waals surface area contributed by atoms with Gasteiger partial charge in [-0.05, 0) is 24.1 Å². The van der Waals surface area contributed by atoms with Gasteiger partial charge in [0.25, 0.3) is 0 Å². The first-order chi connectivity index (χ1) is 9.60. The lowest BCUT2D eigenvalue weighted by Gasteiger charge is -2.06. The molecule has 0 saturated heterocycles. The van der Waals surface area contributed by atoms with Gasteiger partial charge in [-0.25, -0.2) is 21.6 Å². The van der Waals surface area contributed by atoms with Gasteiger partial charge in [0.05, 0.1) is 16.4 Å². The average Bonchev–Trinajstić information content (AvgIpc) is 2.33. The minimum atomic E-state index is -3.36. The van der Waals surface area contributed by atoms with Crippen LogP contribution in [0.3, 0.4) is 0 Å². The smallest absolute Gasteiger partial charge is 0.404 e. The zero-order chi connectivity index (χ0) is 16.1. The van der Waals surface area contributed by atoms with E-state index < -0.39 is 25.8 Å². The van der Waals surface area contributed by atoms with Crippen LogP contribution in [0.15, 0.2) is 29.2 Å². The average molecular weight is 335 g/mol. The molecule has 0 heterocycles. The second kappa shape index (κ2) is 6.90. The lowest BCUT2D eigenvalue weighted by atomic mass is 10.2. The van der Waals surface area contributed by atoms with Gasteiger partial charge in [-0.3, -0.25) is 0 Å². The number of carboxylic acid groups (broad SMARTS) is 1. The lowest BCUT2D eigenvalue weighted by Crippen LogP contribution is -2.24. The van der Waals surface area contributed by atoms with Crippen LogP contribution in [-0.4, -0.2) is 46.6 Å². The van der Waals surface area contributed by atoms with E-state index >= 15 is 0 Å². The summed E-state index contributed by atoms with van der Waals surface area (Å²) in [5.74, 6) is -0.342. The Morgan fingerprint density at radius 3 is 2.19 bits per heavy atom. The molecule has 0 spiro atoms. The third-order valence-electron chi connectivity index (χ3n) is 2.65. The molecule has 1 amide bonds. The third-order valence-corrected chi connectivity index (χ3v) is 5.46. The molecule has 0 aromatic heterocycles. The van der Waals surface area contributed by atoms with Gasteiger partial charge in [-0.2, -0.15) is 0 Å². The van der Waals surface area contributed by atoms with Crippen LogP contribution in [-0.2, 0) is 25.4 Å². The maximum atomic E-state index is 11.8. The van der Waals surface area contributed by atoms with E-state index in [4.69, 9.17) is 5.11 Å². The third kappa shape index (κ3) is 6.58. The first-order valence-electron chi connectivity index (χ1n) is 6.06. The molecule has 9 heteroatoms. The highest BCUT2D eigenvalue weighted by molar-refractivity contribution is 7.91. The normalized spacial score (nSPS) is 12.0. The summed E-state index contributed by atoms with van der Waals surface area (Å²) in [7, 11) is -6.67. The predicted molar refractivity (Wildman–Crippen MR) is 77.7 cm³/mol. The van der Waals surface area contributed by atoms with Crippen LogP contribution in [0, 0.1) is 0 Å². The van der Waals surface area contributed by atoms with E-state index in [9.17, 15) is 21.6 Å². The molecule has 1 rings (SSSR count). The Morgan fingerprint density at radius 2 is 1.71 bits per heavy atom. The van der Waals surface area contributed by atoms with Crippen molar-refractivity contribution >= 4 is 25.8 Å². The zero-order valence-electron chi connectivity index (χ0n) is 11.4. The molecule has 21 heavy (non-hydrogen) atoms. The van der Waals surface area contributed by atoms with Gasteiger partial charge < -0.3 is 10.4 Å². The van der Waals surface area contributed by atoms with Crippen molar-refractivity contribution in [3.8, 4) is 0 Å². The van der Waals surface area contributed by atoms with Gasteiger partial charge in [0.2, 0.25) is 0 Å². The van der Waals surface area contributed by atoms with Crippen molar-refractivity contribution in [2.24, 2.45) is 0 Å². The van der Waals surface area contributed by atoms with Gasteiger partial charge in [0.15, 0.2) is 19.7 Å². The van der Waals surface area contributed by atoms with E-state index in [1.54, 1.807) is 0 Å². The Balaban J connectivity index is 2.61. The van der Waals surface area contributed by atoms with Crippen LogP contribution < -0.4 is 5.32 Å². The van der Waals surface area contributed by atoms with E-state index in [1.807, 2.05) is 0 Å². The number of benzene rings is 1. The quantitative estimate of drug-likeness (QED) is 0.707. The molecule has 0 radical (unpaired) electrons. The molecule has 0 aliphatic heterocycles. The number of carbonyl (C=O) groups is 1. The van der Waals surface area contributed by atoms with Crippen molar-refractivity contribution in [3.63, 3.8) is 0 Å². The standard InChI is InChI=1S/C12H17NO6S2/c1-20(16,17)11-5-3-10(4-6-11)9-21(18,19)8-2-7-13-12(14)15/h3-6,13H,2,7-9H2,1H3,(H,14,15). The summed E-state index contributed by atoms with van der Waals surface area (Å²) < 4.78 is 46.2. The molecular weight excluding hydrogens is 318 g/mol. The van der Waals surface area contributed by atoms with Crippen LogP contribution in [0.25, 0.3) is 0 Å². The van der Waals surface area contributed by atoms with E-state index in [1.165, 1.54) is 24.3 Å². The van der Waals surface area contributed by atoms with Crippen molar-refractivity contribution in [2.75, 3.05) is 18.6 Å². The monoisotopic (exact) mass is 335 g/mol. The second-order valence-corrected chi connectivity index (χ2v) is 8.79. The largest absolute Gasteiger partial charge is 0.465 e. The van der Waals surface area contributed by atoms with E-state index in [-0.39, 0.29) is 29.4 Å². The van der Waals surface area contributed by atoms with Crippen LogP contribution >= 0.6 is 0 Å². The molecule has 0 atom stereocenters. The Bertz CT molecular complexity index is 692. The Kier molecular flexibility index (Phi) is 5.73. The van der Waals surface area contributed by atoms with Crippen LogP contribution in [0.1, 0.15) is 12.0 Å². The Morgan fingerprint density at radius 1 is 1.14 bits per heavy atom. The maximum Gasteiger partial charge on any atom is 0.404 e. The first-order valence-corrected chi connectivity index (χ1v) is 9.78. The molecule has 2 N–H and O–H groups in total. The van der Waals surface area contributed by atoms with Crippen LogP contribution in [0.5, 0.6) is 0 Å². The molecule has 0 aliphatic rings. The summed E-state index contributed by atoms with van der Waals surface area (Å²) in [4.78, 5) is 10.4. The molecule has 7 nitrogen and oxygen atoms in total. The molecular formula is C12H17NO6S2. The number of rotatable bonds is 7. The van der Waals surface area contributed by atoms with E-state index in [0.29, 0.717) is 5.56 Å². The van der Waals surface area contributed by atoms with Crippen molar-refractivity contribution < 1.29 is 26.7 Å². The van der Waals surface area contributed by atoms with Gasteiger partial charge in [0.1, 0.15) is 0 Å². The molecule has 118 valence electrons. The highest BCUT2D eigenvalue weighted by atomic mass is 32.2. The van der Waals surface area contributed by atoms with Crippen LogP contribution in [0.2, 0.25) is 0 Å². The van der Waals surface area contributed by atoms with Gasteiger partial charge in [-0.15, -0.1) is 0 Å². The SMILES string of the molecule is CS(=O)(=O)c1ccc(CS(=O)(=O)CCCNC(=O)O)cc1. The number of amides is 1. The predicted octanol–water partition coefficient (Wildman–Crippen LogP) is 0.663. The molecule has 0 saturated carbocycles. The molecule has 1 aromatic rings. The summed E-state index contributed by atoms with van der Waals surface area (Å²) in [6.07, 6.45) is 0.0772. The molecule has 0 fully saturated rings. The highest BCUT2D eigenvalue weighted by Crippen LogP contribution is 2.13. The summed E-state index contributed by atoms with van der Waals surface area (Å²) in [5, 5.41) is 10.5. The zero-order valence-corrected chi connectivity index (χ0v) is 13.1. The molecule has 0 aliphatic carbocycles. The number of sulfone groups is 2. The Hall–Kier alpha value is -1.61. The lowest BCUT2D eigenvalue weighted by molar-refractivity contribution is 0.194. The first kappa shape index (κ1) is 17.4. The van der Waals surface area contributed by atoms with E-state index in [2.05, 4.69) is 5.32 Å². The Labute approximate surface area is 123 Å². The second-order valence-electron chi connectivity index (χ2n) is 4.59. The summed E-state index contributed by atoms with van der Waals surface area (Å²) in [6.45, 7) is 0.0710. The van der Waals surface area contributed by atoms with Crippen molar-refractivity contribution in [1.82, 2.24) is 5.32 Å². The fourth-order valence-electron chi connectivity index (χ4n) is 1.65. The summed E-state index contributed by atoms with van der Waals surface area (Å²) in [5.41, 5.74) is 0.494. The van der Waals surface area contributed by atoms with Gasteiger partial charge in [0, 0.05) is 12.8 Å². The number of hydrogen-bond donors (Lipinski definition) is 2. The summed E-state index contributed by atoms with van der Waals surface area (Å²) >= 11 is 0. The van der Waals surface area contributed by atoms with E-state index in [0.717, 1.165) is 6.26 Å². The van der Waals surface area contributed by atoms with Crippen molar-refractivity contribution in [2.45, 2.75) is 17.1 Å². The molecule has 0 bridgehead atoms. The topological polar surface area (TPSA) is 118 Å². The number of nitrogens with one attached hydrogen (secondary N) is 1.